The molecule has 7 aromatic carbocycles. The summed E-state index contributed by atoms with van der Waals surface area (Å²) in [6, 6.07) is 54.7. The first-order valence-corrected chi connectivity index (χ1v) is 16.1. The Hall–Kier alpha value is -5.64. The smallest absolute Gasteiger partial charge is 0.135 e. The number of benzene rings is 7. The molecule has 3 heteroatoms. The summed E-state index contributed by atoms with van der Waals surface area (Å²) in [4.78, 5) is 0. The molecule has 3 aromatic heterocycles. The largest absolute Gasteiger partial charge is 0.456 e. The zero-order valence-corrected chi connectivity index (χ0v) is 25.0. The number of rotatable bonds is 3. The number of thiophene rings is 1. The van der Waals surface area contributed by atoms with Crippen LogP contribution < -0.4 is 0 Å². The van der Waals surface area contributed by atoms with E-state index in [0.717, 1.165) is 27.6 Å². The van der Waals surface area contributed by atoms with Gasteiger partial charge in [-0.15, -0.1) is 11.3 Å². The van der Waals surface area contributed by atoms with Gasteiger partial charge >= 0.3 is 0 Å². The van der Waals surface area contributed by atoms with Crippen LogP contribution in [-0.4, -0.2) is 4.57 Å². The van der Waals surface area contributed by atoms with Crippen LogP contribution in [-0.2, 0) is 0 Å². The number of nitrogens with zero attached hydrogens (tertiary/aromatic N) is 1. The lowest BCUT2D eigenvalue weighted by molar-refractivity contribution is 0.669. The van der Waals surface area contributed by atoms with Crippen molar-refractivity contribution in [1.29, 1.82) is 0 Å². The van der Waals surface area contributed by atoms with Gasteiger partial charge in [-0.05, 0) is 70.8 Å². The van der Waals surface area contributed by atoms with E-state index < -0.39 is 0 Å². The number of furan rings is 1. The molecule has 0 N–H and O–H groups in total. The molecule has 10 aromatic rings. The van der Waals surface area contributed by atoms with Crippen LogP contribution in [0.3, 0.4) is 0 Å². The van der Waals surface area contributed by atoms with E-state index in [-0.39, 0.29) is 0 Å². The van der Waals surface area contributed by atoms with E-state index in [1.54, 1.807) is 0 Å². The summed E-state index contributed by atoms with van der Waals surface area (Å²) in [7, 11) is 0. The van der Waals surface area contributed by atoms with Gasteiger partial charge in [0.2, 0.25) is 0 Å². The molecule has 0 aliphatic rings. The molecule has 0 radical (unpaired) electrons. The maximum atomic E-state index is 6.21. The predicted molar refractivity (Wildman–Crippen MR) is 192 cm³/mol. The lowest BCUT2D eigenvalue weighted by Crippen LogP contribution is -1.94. The molecule has 0 saturated heterocycles. The molecule has 0 fully saturated rings. The van der Waals surface area contributed by atoms with Crippen LogP contribution in [0.2, 0.25) is 0 Å². The van der Waals surface area contributed by atoms with Crippen molar-refractivity contribution in [2.75, 3.05) is 0 Å². The van der Waals surface area contributed by atoms with Gasteiger partial charge in [-0.2, -0.15) is 0 Å². The van der Waals surface area contributed by atoms with Gasteiger partial charge in [0.15, 0.2) is 0 Å². The normalized spacial score (nSPS) is 12.0. The highest BCUT2D eigenvalue weighted by Gasteiger charge is 2.22. The molecule has 0 saturated carbocycles. The Bertz CT molecular complexity index is 2740. The van der Waals surface area contributed by atoms with Gasteiger partial charge in [-0.25, -0.2) is 0 Å². The highest BCUT2D eigenvalue weighted by Crippen LogP contribution is 2.48. The third kappa shape index (κ3) is 3.62. The monoisotopic (exact) mass is 591 g/mol. The Balaban J connectivity index is 1.34. The lowest BCUT2D eigenvalue weighted by Gasteiger charge is -2.12. The van der Waals surface area contributed by atoms with Crippen molar-refractivity contribution in [3.05, 3.63) is 152 Å². The molecule has 2 nitrogen and oxygen atoms in total. The Morgan fingerprint density at radius 2 is 1.11 bits per heavy atom. The number of para-hydroxylation sites is 2. The molecule has 45 heavy (non-hydrogen) atoms. The Kier molecular flexibility index (Phi) is 5.19. The van der Waals surface area contributed by atoms with Crippen LogP contribution in [0, 0.1) is 0 Å². The van der Waals surface area contributed by atoms with E-state index >= 15 is 0 Å². The minimum Gasteiger partial charge on any atom is -0.456 e. The van der Waals surface area contributed by atoms with Crippen molar-refractivity contribution in [2.24, 2.45) is 0 Å². The lowest BCUT2D eigenvalue weighted by atomic mass is 9.96. The van der Waals surface area contributed by atoms with Gasteiger partial charge in [0, 0.05) is 47.4 Å². The van der Waals surface area contributed by atoms with Crippen LogP contribution in [0.5, 0.6) is 0 Å². The molecular formula is C42H25NOS. The second kappa shape index (κ2) is 9.43. The van der Waals surface area contributed by atoms with Crippen molar-refractivity contribution in [2.45, 2.75) is 0 Å². The molecule has 0 amide bonds. The van der Waals surface area contributed by atoms with Crippen molar-refractivity contribution in [3.8, 4) is 27.9 Å². The summed E-state index contributed by atoms with van der Waals surface area (Å²) in [6.45, 7) is 0. The zero-order valence-electron chi connectivity index (χ0n) is 24.2. The highest BCUT2D eigenvalue weighted by molar-refractivity contribution is 7.26. The second-order valence-corrected chi connectivity index (χ2v) is 12.8. The Morgan fingerprint density at radius 1 is 0.444 bits per heavy atom. The maximum Gasteiger partial charge on any atom is 0.135 e. The average molecular weight is 592 g/mol. The van der Waals surface area contributed by atoms with Crippen molar-refractivity contribution in [3.63, 3.8) is 0 Å². The molecular weight excluding hydrogens is 567 g/mol. The number of fused-ring (bicyclic) bond motifs is 10. The maximum absolute atomic E-state index is 6.21. The first kappa shape index (κ1) is 24.8. The minimum atomic E-state index is 0.917. The molecule has 210 valence electrons. The van der Waals surface area contributed by atoms with E-state index in [1.807, 2.05) is 23.5 Å². The molecule has 3 heterocycles. The Morgan fingerprint density at radius 3 is 1.98 bits per heavy atom. The number of hydrogen-bond donors (Lipinski definition) is 0. The van der Waals surface area contributed by atoms with Gasteiger partial charge in [0.25, 0.3) is 0 Å². The summed E-state index contributed by atoms with van der Waals surface area (Å²) in [5, 5.41) is 7.44. The quantitative estimate of drug-likeness (QED) is 0.200. The molecule has 0 spiro atoms. The molecule has 0 aliphatic heterocycles. The van der Waals surface area contributed by atoms with E-state index in [9.17, 15) is 0 Å². The van der Waals surface area contributed by atoms with Gasteiger partial charge in [-0.1, -0.05) is 103 Å². The van der Waals surface area contributed by atoms with Crippen LogP contribution in [0.1, 0.15) is 0 Å². The third-order valence-electron chi connectivity index (χ3n) is 9.20. The fourth-order valence-corrected chi connectivity index (χ4v) is 8.33. The van der Waals surface area contributed by atoms with Gasteiger partial charge in [-0.3, -0.25) is 0 Å². The topological polar surface area (TPSA) is 18.1 Å². The van der Waals surface area contributed by atoms with Crippen LogP contribution in [0.15, 0.2) is 156 Å². The minimum absolute atomic E-state index is 0.917. The summed E-state index contributed by atoms with van der Waals surface area (Å²) < 4.78 is 11.3. The first-order valence-electron chi connectivity index (χ1n) is 15.3. The molecule has 0 aliphatic carbocycles. The highest BCUT2D eigenvalue weighted by atomic mass is 32.1. The fourth-order valence-electron chi connectivity index (χ4n) is 7.19. The van der Waals surface area contributed by atoms with Crippen LogP contribution >= 0.6 is 11.3 Å². The molecule has 0 atom stereocenters. The van der Waals surface area contributed by atoms with Crippen molar-refractivity contribution >= 4 is 75.3 Å². The van der Waals surface area contributed by atoms with Gasteiger partial charge in [0.05, 0.1) is 11.0 Å². The zero-order chi connectivity index (χ0) is 29.5. The van der Waals surface area contributed by atoms with Crippen LogP contribution in [0.4, 0.5) is 0 Å². The fraction of sp³-hybridized carbons (Fsp3) is 0. The Labute approximate surface area is 263 Å². The molecule has 0 bridgehead atoms. The average Bonchev–Trinajstić information content (AvgIpc) is 3.77. The first-order chi connectivity index (χ1) is 22.3. The predicted octanol–water partition coefficient (Wildman–Crippen LogP) is 12.4. The molecule has 0 unspecified atom stereocenters. The third-order valence-corrected chi connectivity index (χ3v) is 10.3. The van der Waals surface area contributed by atoms with Gasteiger partial charge in [0.1, 0.15) is 11.2 Å². The van der Waals surface area contributed by atoms with E-state index in [4.69, 9.17) is 4.42 Å². The van der Waals surface area contributed by atoms with Gasteiger partial charge < -0.3 is 8.98 Å². The molecule has 10 rings (SSSR count). The van der Waals surface area contributed by atoms with E-state index in [2.05, 4.69) is 144 Å². The second-order valence-electron chi connectivity index (χ2n) is 11.7. The summed E-state index contributed by atoms with van der Waals surface area (Å²) in [5.41, 5.74) is 10.3. The summed E-state index contributed by atoms with van der Waals surface area (Å²) in [5.74, 6) is 0. The summed E-state index contributed by atoms with van der Waals surface area (Å²) in [6.07, 6.45) is 0. The SMILES string of the molecule is c1ccc(-c2ccc(-n3c4ccccc4c4c(-c5ccc6oc7ccccc7c6c5)cc5sc6ccccc6c5c43)cc2)cc1. The van der Waals surface area contributed by atoms with Crippen molar-refractivity contribution < 1.29 is 4.42 Å². The van der Waals surface area contributed by atoms with E-state index in [1.165, 1.54) is 64.2 Å². The standard InChI is InChI=1S/C42H25NOS/c1-2-10-26(11-3-1)27-18-21-29(22-19-27)43-35-15-7-4-13-31(35)40-33(25-39-41(42(40)43)32-14-6-9-17-38(32)45-39)28-20-23-37-34(24-28)30-12-5-8-16-36(30)44-37/h1-25H. The van der Waals surface area contributed by atoms with E-state index in [0.29, 0.717) is 0 Å². The van der Waals surface area contributed by atoms with Crippen molar-refractivity contribution in [1.82, 2.24) is 4.57 Å². The number of hydrogen-bond acceptors (Lipinski definition) is 2. The van der Waals surface area contributed by atoms with Crippen LogP contribution in [0.25, 0.3) is 91.9 Å². The number of aromatic nitrogens is 1. The summed E-state index contributed by atoms with van der Waals surface area (Å²) >= 11 is 1.87.